The number of hydrogen-bond acceptors (Lipinski definition) is 2. The fourth-order valence-corrected chi connectivity index (χ4v) is 2.48. The van der Waals surface area contributed by atoms with Crippen LogP contribution >= 0.6 is 0 Å². The van der Waals surface area contributed by atoms with Crippen molar-refractivity contribution in [2.24, 2.45) is 17.8 Å². The number of piperidine rings is 1. The maximum Gasteiger partial charge on any atom is 0.0217 e. The molecule has 2 heteroatoms. The number of nitrogens with zero attached hydrogens (tertiary/aromatic N) is 1. The maximum absolute atomic E-state index is 3.59. The van der Waals surface area contributed by atoms with Gasteiger partial charge < -0.3 is 10.2 Å². The summed E-state index contributed by atoms with van der Waals surface area (Å²) in [5.41, 5.74) is 0. The van der Waals surface area contributed by atoms with E-state index in [1.807, 2.05) is 0 Å². The van der Waals surface area contributed by atoms with E-state index < -0.39 is 0 Å². The average molecular weight is 264 g/mol. The minimum atomic E-state index is 0.512. The van der Waals surface area contributed by atoms with E-state index in [1.54, 1.807) is 0 Å². The molecule has 0 atom stereocenters. The zero-order chi connectivity index (χ0) is 14.1. The van der Waals surface area contributed by atoms with Crippen molar-refractivity contribution >= 4 is 0 Å². The van der Waals surface area contributed by atoms with E-state index in [1.165, 1.54) is 32.5 Å². The highest BCUT2D eigenvalue weighted by Crippen LogP contribution is 2.16. The van der Waals surface area contributed by atoms with Crippen molar-refractivity contribution in [1.82, 2.24) is 10.2 Å². The van der Waals surface area contributed by atoms with Crippen LogP contribution in [-0.4, -0.2) is 37.6 Å². The van der Waals surface area contributed by atoms with Gasteiger partial charge in [-0.1, -0.05) is 27.7 Å². The van der Waals surface area contributed by atoms with Crippen LogP contribution in [0.2, 0.25) is 0 Å². The van der Waals surface area contributed by atoms with Gasteiger partial charge in [0.15, 0.2) is 0 Å². The van der Waals surface area contributed by atoms with Crippen LogP contribution in [0.25, 0.3) is 0 Å². The fraction of sp³-hybridized carbons (Fsp3) is 0.882. The monoisotopic (exact) mass is 264 g/mol. The summed E-state index contributed by atoms with van der Waals surface area (Å²) in [6.07, 6.45) is 3.74. The van der Waals surface area contributed by atoms with Gasteiger partial charge in [-0.05, 0) is 50.9 Å². The first-order chi connectivity index (χ1) is 9.08. The number of nitrogens with one attached hydrogen (secondary N) is 1. The van der Waals surface area contributed by atoms with Crippen molar-refractivity contribution in [3.8, 4) is 11.8 Å². The minimum absolute atomic E-state index is 0.512. The highest BCUT2D eigenvalue weighted by Gasteiger charge is 2.18. The van der Waals surface area contributed by atoms with E-state index in [2.05, 4.69) is 49.8 Å². The average Bonchev–Trinajstić information content (AvgIpc) is 2.36. The van der Waals surface area contributed by atoms with E-state index in [4.69, 9.17) is 0 Å². The molecule has 1 N–H and O–H groups in total. The quantitative estimate of drug-likeness (QED) is 0.742. The highest BCUT2D eigenvalue weighted by molar-refractivity contribution is 5.01. The molecular weight excluding hydrogens is 232 g/mol. The first-order valence-electron chi connectivity index (χ1n) is 7.99. The van der Waals surface area contributed by atoms with E-state index >= 15 is 0 Å². The summed E-state index contributed by atoms with van der Waals surface area (Å²) in [7, 11) is 0. The zero-order valence-electron chi connectivity index (χ0n) is 13.3. The lowest BCUT2D eigenvalue weighted by Crippen LogP contribution is -2.38. The van der Waals surface area contributed by atoms with Gasteiger partial charge in [0.25, 0.3) is 0 Å². The molecule has 1 fully saturated rings. The van der Waals surface area contributed by atoms with Crippen molar-refractivity contribution < 1.29 is 0 Å². The van der Waals surface area contributed by atoms with Gasteiger partial charge in [-0.2, -0.15) is 0 Å². The third kappa shape index (κ3) is 8.29. The first kappa shape index (κ1) is 16.5. The minimum Gasteiger partial charge on any atom is -0.316 e. The molecule has 0 aromatic carbocycles. The first-order valence-corrected chi connectivity index (χ1v) is 7.99. The highest BCUT2D eigenvalue weighted by atomic mass is 15.1. The summed E-state index contributed by atoms with van der Waals surface area (Å²) in [5.74, 6) is 8.69. The smallest absolute Gasteiger partial charge is 0.0217 e. The maximum atomic E-state index is 3.59. The van der Waals surface area contributed by atoms with Crippen LogP contribution in [-0.2, 0) is 0 Å². The molecule has 1 aliphatic rings. The molecule has 0 unspecified atom stereocenters. The summed E-state index contributed by atoms with van der Waals surface area (Å²) in [6.45, 7) is 14.9. The molecule has 0 radical (unpaired) electrons. The summed E-state index contributed by atoms with van der Waals surface area (Å²) >= 11 is 0. The Kier molecular flexibility index (Phi) is 8.18. The Morgan fingerprint density at radius 2 is 1.84 bits per heavy atom. The molecule has 0 spiro atoms. The van der Waals surface area contributed by atoms with Crippen LogP contribution in [0.15, 0.2) is 0 Å². The number of hydrogen-bond donors (Lipinski definition) is 1. The molecular formula is C17H32N2. The van der Waals surface area contributed by atoms with Gasteiger partial charge in [0.1, 0.15) is 0 Å². The standard InChI is InChI=1S/C17H32N2/c1-15(2)7-5-6-10-19-11-8-17(9-12-19)14-18-13-16(3)4/h15-18H,6,8-14H2,1-4H3. The van der Waals surface area contributed by atoms with Crippen molar-refractivity contribution in [2.75, 3.05) is 32.7 Å². The molecule has 1 aliphatic heterocycles. The predicted octanol–water partition coefficient (Wildman–Crippen LogP) is 2.99. The van der Waals surface area contributed by atoms with Crippen molar-refractivity contribution in [2.45, 2.75) is 47.0 Å². The van der Waals surface area contributed by atoms with Crippen molar-refractivity contribution in [3.63, 3.8) is 0 Å². The third-order valence-corrected chi connectivity index (χ3v) is 3.64. The molecule has 2 nitrogen and oxygen atoms in total. The van der Waals surface area contributed by atoms with Crippen molar-refractivity contribution in [3.05, 3.63) is 0 Å². The van der Waals surface area contributed by atoms with Crippen LogP contribution < -0.4 is 5.32 Å². The Morgan fingerprint density at radius 3 is 2.42 bits per heavy atom. The summed E-state index contributed by atoms with van der Waals surface area (Å²) in [4.78, 5) is 2.58. The molecule has 110 valence electrons. The second-order valence-corrected chi connectivity index (χ2v) is 6.56. The lowest BCUT2D eigenvalue weighted by atomic mass is 9.96. The lowest BCUT2D eigenvalue weighted by molar-refractivity contribution is 0.185. The van der Waals surface area contributed by atoms with Crippen LogP contribution in [0.1, 0.15) is 47.0 Å². The van der Waals surface area contributed by atoms with E-state index in [0.29, 0.717) is 5.92 Å². The Hall–Kier alpha value is -0.520. The Morgan fingerprint density at radius 1 is 1.16 bits per heavy atom. The molecule has 0 saturated carbocycles. The number of rotatable bonds is 6. The van der Waals surface area contributed by atoms with E-state index in [9.17, 15) is 0 Å². The van der Waals surface area contributed by atoms with Gasteiger partial charge in [-0.15, -0.1) is 11.8 Å². The molecule has 0 amide bonds. The topological polar surface area (TPSA) is 15.3 Å². The largest absolute Gasteiger partial charge is 0.316 e. The molecule has 1 heterocycles. The predicted molar refractivity (Wildman–Crippen MR) is 84.1 cm³/mol. The molecule has 0 aromatic rings. The molecule has 0 aliphatic carbocycles. The van der Waals surface area contributed by atoms with Gasteiger partial charge in [0.05, 0.1) is 0 Å². The molecule has 1 rings (SSSR count). The number of likely N-dealkylation sites (tertiary alicyclic amines) is 1. The second-order valence-electron chi connectivity index (χ2n) is 6.56. The van der Waals surface area contributed by atoms with Gasteiger partial charge in [0, 0.05) is 18.9 Å². The summed E-state index contributed by atoms with van der Waals surface area (Å²) < 4.78 is 0. The molecule has 1 saturated heterocycles. The Labute approximate surface area is 120 Å². The van der Waals surface area contributed by atoms with Gasteiger partial charge in [-0.25, -0.2) is 0 Å². The third-order valence-electron chi connectivity index (χ3n) is 3.64. The zero-order valence-corrected chi connectivity index (χ0v) is 13.3. The lowest BCUT2D eigenvalue weighted by Gasteiger charge is -2.31. The van der Waals surface area contributed by atoms with Crippen LogP contribution in [0.5, 0.6) is 0 Å². The molecule has 19 heavy (non-hydrogen) atoms. The molecule has 0 aromatic heterocycles. The van der Waals surface area contributed by atoms with Gasteiger partial charge >= 0.3 is 0 Å². The van der Waals surface area contributed by atoms with Gasteiger partial charge in [0.2, 0.25) is 0 Å². The van der Waals surface area contributed by atoms with Crippen LogP contribution in [0.3, 0.4) is 0 Å². The Balaban J connectivity index is 2.07. The van der Waals surface area contributed by atoms with Crippen molar-refractivity contribution in [1.29, 1.82) is 0 Å². The fourth-order valence-electron chi connectivity index (χ4n) is 2.48. The van der Waals surface area contributed by atoms with E-state index in [-0.39, 0.29) is 0 Å². The Bertz CT molecular complexity index is 277. The molecule has 0 bridgehead atoms. The SMILES string of the molecule is CC(C)C#CCCN1CCC(CNCC(C)C)CC1. The summed E-state index contributed by atoms with van der Waals surface area (Å²) in [5, 5.41) is 3.59. The van der Waals surface area contributed by atoms with Crippen LogP contribution in [0, 0.1) is 29.6 Å². The second kappa shape index (κ2) is 9.39. The summed E-state index contributed by atoms with van der Waals surface area (Å²) in [6, 6.07) is 0. The van der Waals surface area contributed by atoms with Crippen LogP contribution in [0.4, 0.5) is 0 Å². The van der Waals surface area contributed by atoms with E-state index in [0.717, 1.165) is 31.3 Å². The van der Waals surface area contributed by atoms with Gasteiger partial charge in [-0.3, -0.25) is 0 Å². The normalized spacial score (nSPS) is 17.8.